The average molecular weight is 431 g/mol. The fourth-order valence-electron chi connectivity index (χ4n) is 3.66. The van der Waals surface area contributed by atoms with Gasteiger partial charge in [0.2, 0.25) is 6.79 Å². The molecule has 0 saturated heterocycles. The van der Waals surface area contributed by atoms with Crippen LogP contribution in [0.15, 0.2) is 66.7 Å². The van der Waals surface area contributed by atoms with Crippen LogP contribution in [0.25, 0.3) is 22.2 Å². The summed E-state index contributed by atoms with van der Waals surface area (Å²) in [5.74, 6) is 1.23. The van der Waals surface area contributed by atoms with Crippen LogP contribution < -0.4 is 14.8 Å². The summed E-state index contributed by atoms with van der Waals surface area (Å²) in [6.45, 7) is 2.58. The van der Waals surface area contributed by atoms with Gasteiger partial charge in [-0.25, -0.2) is 4.98 Å². The van der Waals surface area contributed by atoms with E-state index in [2.05, 4.69) is 5.32 Å². The molecule has 5 nitrogen and oxygen atoms in total. The molecule has 0 fully saturated rings. The molecule has 1 aliphatic rings. The molecule has 3 aromatic carbocycles. The van der Waals surface area contributed by atoms with Crippen LogP contribution in [0.1, 0.15) is 21.5 Å². The molecule has 0 saturated carbocycles. The second kappa shape index (κ2) is 7.93. The van der Waals surface area contributed by atoms with Gasteiger partial charge in [0.15, 0.2) is 11.5 Å². The van der Waals surface area contributed by atoms with Crippen LogP contribution in [0.2, 0.25) is 5.02 Å². The number of nitrogens with one attached hydrogen (secondary N) is 1. The molecule has 0 radical (unpaired) electrons. The minimum atomic E-state index is -0.177. The lowest BCUT2D eigenvalue weighted by Gasteiger charge is -2.12. The molecule has 2 heterocycles. The number of halogens is 1. The van der Waals surface area contributed by atoms with Crippen LogP contribution in [0, 0.1) is 6.92 Å². The van der Waals surface area contributed by atoms with Crippen molar-refractivity contribution in [2.24, 2.45) is 0 Å². The Hall–Kier alpha value is -3.57. The second-order valence-corrected chi connectivity index (χ2v) is 7.83. The van der Waals surface area contributed by atoms with Crippen molar-refractivity contribution in [3.8, 4) is 22.8 Å². The maximum atomic E-state index is 13.2. The highest BCUT2D eigenvalue weighted by Gasteiger charge is 2.17. The van der Waals surface area contributed by atoms with Crippen LogP contribution in [0.4, 0.5) is 0 Å². The second-order valence-electron chi connectivity index (χ2n) is 7.43. The van der Waals surface area contributed by atoms with Crippen LogP contribution in [0.3, 0.4) is 0 Å². The molecule has 1 aliphatic heterocycles. The van der Waals surface area contributed by atoms with Crippen molar-refractivity contribution in [1.29, 1.82) is 0 Å². The number of amides is 1. The van der Waals surface area contributed by atoms with Crippen molar-refractivity contribution >= 4 is 28.4 Å². The van der Waals surface area contributed by atoms with Gasteiger partial charge >= 0.3 is 0 Å². The quantitative estimate of drug-likeness (QED) is 0.463. The van der Waals surface area contributed by atoms with Gasteiger partial charge in [0.05, 0.1) is 16.8 Å². The van der Waals surface area contributed by atoms with Gasteiger partial charge in [0.25, 0.3) is 5.91 Å². The van der Waals surface area contributed by atoms with Gasteiger partial charge in [-0.15, -0.1) is 0 Å². The molecule has 1 amide bonds. The zero-order valence-electron chi connectivity index (χ0n) is 16.8. The summed E-state index contributed by atoms with van der Waals surface area (Å²) in [4.78, 5) is 18.0. The molecule has 5 rings (SSSR count). The molecule has 1 N–H and O–H groups in total. The highest BCUT2D eigenvalue weighted by Crippen LogP contribution is 2.33. The van der Waals surface area contributed by atoms with Gasteiger partial charge in [-0.2, -0.15) is 0 Å². The number of hydrogen-bond donors (Lipinski definition) is 1. The molecule has 154 valence electrons. The summed E-state index contributed by atoms with van der Waals surface area (Å²) in [7, 11) is 0. The van der Waals surface area contributed by atoms with Gasteiger partial charge in [0, 0.05) is 22.5 Å². The molecule has 4 aromatic rings. The van der Waals surface area contributed by atoms with Crippen LogP contribution >= 0.6 is 11.6 Å². The van der Waals surface area contributed by atoms with E-state index < -0.39 is 0 Å². The van der Waals surface area contributed by atoms with Crippen molar-refractivity contribution in [3.05, 3.63) is 88.4 Å². The van der Waals surface area contributed by atoms with Gasteiger partial charge in [-0.05, 0) is 48.9 Å². The minimum Gasteiger partial charge on any atom is -0.454 e. The van der Waals surface area contributed by atoms with Gasteiger partial charge in [-0.3, -0.25) is 4.79 Å². The number of carbonyl (C=O) groups excluding carboxylic acids is 1. The average Bonchev–Trinajstić information content (AvgIpc) is 3.25. The van der Waals surface area contributed by atoms with E-state index in [4.69, 9.17) is 26.1 Å². The van der Waals surface area contributed by atoms with Crippen molar-refractivity contribution in [2.75, 3.05) is 6.79 Å². The number of aromatic nitrogens is 1. The van der Waals surface area contributed by atoms with Crippen molar-refractivity contribution in [3.63, 3.8) is 0 Å². The number of nitrogens with zero attached hydrogens (tertiary/aromatic N) is 1. The number of rotatable bonds is 4. The maximum absolute atomic E-state index is 13.2. The maximum Gasteiger partial charge on any atom is 0.252 e. The third kappa shape index (κ3) is 3.80. The SMILES string of the molecule is Cc1ccc2nc(-c3ccccc3Cl)cc(C(=O)NCc3ccc4c(c3)OCO4)c2c1. The Morgan fingerprint density at radius 1 is 1.03 bits per heavy atom. The van der Waals surface area contributed by atoms with Gasteiger partial charge in [-0.1, -0.05) is 47.5 Å². The molecule has 6 heteroatoms. The zero-order chi connectivity index (χ0) is 21.4. The summed E-state index contributed by atoms with van der Waals surface area (Å²) in [5, 5.41) is 4.41. The number of pyridine rings is 1. The van der Waals surface area contributed by atoms with E-state index in [1.54, 1.807) is 6.07 Å². The summed E-state index contributed by atoms with van der Waals surface area (Å²) in [6.07, 6.45) is 0. The third-order valence-corrected chi connectivity index (χ3v) is 5.58. The highest BCUT2D eigenvalue weighted by molar-refractivity contribution is 6.33. The normalized spacial score (nSPS) is 12.2. The predicted octanol–water partition coefficient (Wildman–Crippen LogP) is 5.52. The first-order valence-corrected chi connectivity index (χ1v) is 10.3. The molecule has 1 aromatic heterocycles. The Bertz CT molecular complexity index is 1320. The lowest BCUT2D eigenvalue weighted by molar-refractivity contribution is 0.0952. The van der Waals surface area contributed by atoms with Crippen LogP contribution in [-0.4, -0.2) is 17.7 Å². The number of aryl methyl sites for hydroxylation is 1. The summed E-state index contributed by atoms with van der Waals surface area (Å²) < 4.78 is 10.8. The Morgan fingerprint density at radius 2 is 1.87 bits per heavy atom. The van der Waals surface area contributed by atoms with E-state index in [0.717, 1.165) is 33.3 Å². The van der Waals surface area contributed by atoms with E-state index in [-0.39, 0.29) is 12.7 Å². The number of hydrogen-bond acceptors (Lipinski definition) is 4. The Labute approximate surface area is 184 Å². The first-order chi connectivity index (χ1) is 15.1. The molecule has 31 heavy (non-hydrogen) atoms. The molecule has 0 unspecified atom stereocenters. The molecular weight excluding hydrogens is 412 g/mol. The van der Waals surface area contributed by atoms with Gasteiger partial charge in [0.1, 0.15) is 0 Å². The van der Waals surface area contributed by atoms with E-state index in [1.165, 1.54) is 0 Å². The summed E-state index contributed by atoms with van der Waals surface area (Å²) in [5.41, 5.74) is 4.75. The fourth-order valence-corrected chi connectivity index (χ4v) is 3.90. The van der Waals surface area contributed by atoms with Crippen LogP contribution in [0.5, 0.6) is 11.5 Å². The largest absolute Gasteiger partial charge is 0.454 e. The van der Waals surface area contributed by atoms with E-state index in [1.807, 2.05) is 67.6 Å². The molecule has 0 atom stereocenters. The number of carbonyl (C=O) groups is 1. The van der Waals surface area contributed by atoms with Crippen LogP contribution in [-0.2, 0) is 6.54 Å². The predicted molar refractivity (Wildman–Crippen MR) is 121 cm³/mol. The van der Waals surface area contributed by atoms with Crippen molar-refractivity contribution < 1.29 is 14.3 Å². The Balaban J connectivity index is 1.50. The van der Waals surface area contributed by atoms with E-state index in [9.17, 15) is 4.79 Å². The Morgan fingerprint density at radius 3 is 2.74 bits per heavy atom. The highest BCUT2D eigenvalue weighted by atomic mass is 35.5. The smallest absolute Gasteiger partial charge is 0.252 e. The van der Waals surface area contributed by atoms with E-state index in [0.29, 0.717) is 28.6 Å². The third-order valence-electron chi connectivity index (χ3n) is 5.25. The summed E-state index contributed by atoms with van der Waals surface area (Å²) in [6, 6.07) is 20.8. The zero-order valence-corrected chi connectivity index (χ0v) is 17.6. The molecule has 0 bridgehead atoms. The monoisotopic (exact) mass is 430 g/mol. The molecule has 0 aliphatic carbocycles. The summed E-state index contributed by atoms with van der Waals surface area (Å²) >= 11 is 6.39. The number of benzene rings is 3. The molecular formula is C25H19ClN2O3. The molecule has 0 spiro atoms. The number of fused-ring (bicyclic) bond motifs is 2. The lowest BCUT2D eigenvalue weighted by Crippen LogP contribution is -2.23. The van der Waals surface area contributed by atoms with Crippen molar-refractivity contribution in [1.82, 2.24) is 10.3 Å². The minimum absolute atomic E-state index is 0.177. The Kier molecular flexibility index (Phi) is 4.96. The van der Waals surface area contributed by atoms with Crippen molar-refractivity contribution in [2.45, 2.75) is 13.5 Å². The standard InChI is InChI=1S/C25H19ClN2O3/c1-15-6-8-21-18(10-15)19(12-22(28-21)17-4-2-3-5-20(17)26)25(29)27-13-16-7-9-23-24(11-16)31-14-30-23/h2-12H,13-14H2,1H3,(H,27,29). The van der Waals surface area contributed by atoms with E-state index >= 15 is 0 Å². The van der Waals surface area contributed by atoms with Gasteiger partial charge < -0.3 is 14.8 Å². The number of ether oxygens (including phenoxy) is 2. The first kappa shape index (κ1) is 19.4. The topological polar surface area (TPSA) is 60.5 Å². The fraction of sp³-hybridized carbons (Fsp3) is 0.120. The lowest BCUT2D eigenvalue weighted by atomic mass is 10.0. The first-order valence-electron chi connectivity index (χ1n) is 9.91.